The molecule has 0 spiro atoms. The standard InChI is InChI=1S/C35H42N4O6/c1-20-14-21(2)39(37-20)31-17-30(25-11-12-29(44-5)22(3)32(25)36-31)45-24-15-26-27(16-24)33(41)38(4)13-9-7-6-8-10-23-18-35(23,34(42)43)19-28(26)40/h8,10-12,14,17,23-24,26-27H,6-7,9,13,15-16,18-19H2,1-5H3,(H,42,43)/b10-8-/t23-,24+,26+,27+,35+/m0/s1. The van der Waals surface area contributed by atoms with Crippen molar-refractivity contribution in [1.82, 2.24) is 19.7 Å². The van der Waals surface area contributed by atoms with Crippen LogP contribution in [0.25, 0.3) is 16.7 Å². The third-order valence-corrected chi connectivity index (χ3v) is 10.0. The molecule has 2 fully saturated rings. The van der Waals surface area contributed by atoms with Crippen molar-refractivity contribution >= 4 is 28.6 Å². The predicted molar refractivity (Wildman–Crippen MR) is 169 cm³/mol. The number of Topliss-reactive ketones (excluding diaryl/α,β-unsaturated/α-hetero) is 1. The minimum Gasteiger partial charge on any atom is -0.496 e. The maximum atomic E-state index is 13.9. The molecule has 3 aromatic rings. The number of ketones is 1. The van der Waals surface area contributed by atoms with Crippen LogP contribution in [0.3, 0.4) is 0 Å². The highest BCUT2D eigenvalue weighted by molar-refractivity contribution is 5.94. The van der Waals surface area contributed by atoms with Crippen LogP contribution in [0.5, 0.6) is 11.5 Å². The number of amides is 1. The molecule has 3 aliphatic rings. The highest BCUT2D eigenvalue weighted by atomic mass is 16.5. The first-order valence-corrected chi connectivity index (χ1v) is 15.9. The third kappa shape index (κ3) is 5.71. The SMILES string of the molecule is COc1ccc2c(O[C@@H]3C[C@H]4C(=O)C[C@]5(C(=O)O)C[C@@H]5/C=C\CCCCN(C)C(=O)[C@@H]4C3)cc(-n3nc(C)cc3C)nc2c1C. The van der Waals surface area contributed by atoms with Crippen molar-refractivity contribution in [2.24, 2.45) is 23.2 Å². The van der Waals surface area contributed by atoms with Crippen molar-refractivity contribution < 1.29 is 29.0 Å². The van der Waals surface area contributed by atoms with Gasteiger partial charge in [0, 0.05) is 48.6 Å². The topological polar surface area (TPSA) is 124 Å². The average Bonchev–Trinajstić information content (AvgIpc) is 3.35. The summed E-state index contributed by atoms with van der Waals surface area (Å²) >= 11 is 0. The van der Waals surface area contributed by atoms with Gasteiger partial charge in [-0.1, -0.05) is 12.2 Å². The highest BCUT2D eigenvalue weighted by Gasteiger charge is 2.61. The van der Waals surface area contributed by atoms with E-state index in [0.717, 1.165) is 41.6 Å². The Labute approximate surface area is 263 Å². The molecule has 0 saturated heterocycles. The molecule has 1 aliphatic heterocycles. The van der Waals surface area contributed by atoms with Crippen LogP contribution in [-0.4, -0.2) is 69.2 Å². The Kier molecular flexibility index (Phi) is 8.18. The molecule has 2 saturated carbocycles. The number of nitrogens with zero attached hydrogens (tertiary/aromatic N) is 4. The molecule has 238 valence electrons. The molecular formula is C35H42N4O6. The van der Waals surface area contributed by atoms with E-state index in [1.165, 1.54) is 0 Å². The Bertz CT molecular complexity index is 1690. The van der Waals surface area contributed by atoms with E-state index in [-0.39, 0.29) is 24.0 Å². The molecule has 0 bridgehead atoms. The quantitative estimate of drug-likeness (QED) is 0.380. The van der Waals surface area contributed by atoms with Crippen LogP contribution in [0.4, 0.5) is 0 Å². The van der Waals surface area contributed by atoms with Gasteiger partial charge in [-0.05, 0) is 83.4 Å². The van der Waals surface area contributed by atoms with Crippen molar-refractivity contribution in [2.45, 2.75) is 71.8 Å². The second-order valence-corrected chi connectivity index (χ2v) is 13.1. The van der Waals surface area contributed by atoms with Crippen LogP contribution < -0.4 is 9.47 Å². The molecule has 0 radical (unpaired) electrons. The van der Waals surface area contributed by atoms with Gasteiger partial charge in [-0.25, -0.2) is 9.67 Å². The summed E-state index contributed by atoms with van der Waals surface area (Å²) in [7, 11) is 3.42. The second-order valence-electron chi connectivity index (χ2n) is 13.1. The zero-order chi connectivity index (χ0) is 32.0. The Balaban J connectivity index is 1.36. The van der Waals surface area contributed by atoms with Crippen molar-refractivity contribution in [3.05, 3.63) is 53.4 Å². The molecule has 10 heteroatoms. The Hall–Kier alpha value is -4.21. The predicted octanol–water partition coefficient (Wildman–Crippen LogP) is 5.38. The number of carboxylic acids is 1. The number of ether oxygens (including phenoxy) is 2. The van der Waals surface area contributed by atoms with Gasteiger partial charge in [-0.2, -0.15) is 5.10 Å². The third-order valence-electron chi connectivity index (χ3n) is 10.0. The minimum atomic E-state index is -1.08. The first-order chi connectivity index (χ1) is 21.5. The normalized spacial score (nSPS) is 27.9. The number of allylic oxidation sites excluding steroid dienone is 2. The molecule has 45 heavy (non-hydrogen) atoms. The van der Waals surface area contributed by atoms with Crippen LogP contribution >= 0.6 is 0 Å². The van der Waals surface area contributed by atoms with E-state index in [1.54, 1.807) is 23.7 Å². The summed E-state index contributed by atoms with van der Waals surface area (Å²) in [6.45, 7) is 6.46. The number of rotatable bonds is 5. The maximum Gasteiger partial charge on any atom is 0.310 e. The van der Waals surface area contributed by atoms with E-state index in [9.17, 15) is 19.5 Å². The second kappa shape index (κ2) is 11.9. The van der Waals surface area contributed by atoms with Gasteiger partial charge in [0.25, 0.3) is 0 Å². The lowest BCUT2D eigenvalue weighted by Gasteiger charge is -2.25. The number of aliphatic carboxylic acids is 1. The van der Waals surface area contributed by atoms with Crippen molar-refractivity contribution in [2.75, 3.05) is 20.7 Å². The van der Waals surface area contributed by atoms with Crippen LogP contribution in [-0.2, 0) is 14.4 Å². The summed E-state index contributed by atoms with van der Waals surface area (Å²) in [6.07, 6.45) is 7.27. The van der Waals surface area contributed by atoms with Crippen LogP contribution in [0.1, 0.15) is 61.9 Å². The number of aryl methyl sites for hydroxylation is 3. The van der Waals surface area contributed by atoms with Gasteiger partial charge in [0.15, 0.2) is 5.82 Å². The first-order valence-electron chi connectivity index (χ1n) is 15.9. The number of hydrogen-bond acceptors (Lipinski definition) is 7. The Morgan fingerprint density at radius 3 is 2.56 bits per heavy atom. The average molecular weight is 615 g/mol. The van der Waals surface area contributed by atoms with Gasteiger partial charge in [0.1, 0.15) is 23.4 Å². The van der Waals surface area contributed by atoms with Gasteiger partial charge >= 0.3 is 5.97 Å². The maximum absolute atomic E-state index is 13.9. The Morgan fingerprint density at radius 1 is 1.07 bits per heavy atom. The van der Waals surface area contributed by atoms with E-state index in [2.05, 4.69) is 5.10 Å². The van der Waals surface area contributed by atoms with Crippen LogP contribution in [0.2, 0.25) is 0 Å². The largest absolute Gasteiger partial charge is 0.496 e. The zero-order valence-corrected chi connectivity index (χ0v) is 26.7. The van der Waals surface area contributed by atoms with E-state index in [0.29, 0.717) is 48.6 Å². The number of hydrogen-bond donors (Lipinski definition) is 1. The molecule has 2 aromatic heterocycles. The summed E-state index contributed by atoms with van der Waals surface area (Å²) in [5.74, 6) is -0.614. The zero-order valence-electron chi connectivity index (χ0n) is 26.7. The summed E-state index contributed by atoms with van der Waals surface area (Å²) in [4.78, 5) is 46.8. The lowest BCUT2D eigenvalue weighted by molar-refractivity contribution is -0.147. The van der Waals surface area contributed by atoms with Crippen molar-refractivity contribution in [1.29, 1.82) is 0 Å². The number of methoxy groups -OCH3 is 1. The molecule has 0 unspecified atom stereocenters. The molecule has 10 nitrogen and oxygen atoms in total. The Morgan fingerprint density at radius 2 is 1.84 bits per heavy atom. The number of carbonyl (C=O) groups is 3. The van der Waals surface area contributed by atoms with Crippen LogP contribution in [0, 0.1) is 43.9 Å². The number of carboxylic acid groups (broad SMARTS) is 1. The first kappa shape index (κ1) is 30.8. The number of carbonyl (C=O) groups excluding carboxylic acids is 2. The fourth-order valence-corrected chi connectivity index (χ4v) is 7.37. The van der Waals surface area contributed by atoms with Crippen molar-refractivity contribution in [3.8, 4) is 17.3 Å². The molecule has 6 rings (SSSR count). The van der Waals surface area contributed by atoms with Gasteiger partial charge in [0.05, 0.1) is 29.7 Å². The molecule has 1 aromatic carbocycles. The van der Waals surface area contributed by atoms with Crippen LogP contribution in [0.15, 0.2) is 36.4 Å². The molecule has 2 aliphatic carbocycles. The lowest BCUT2D eigenvalue weighted by Crippen LogP contribution is -2.38. The molecule has 5 atom stereocenters. The fraction of sp³-hybridized carbons (Fsp3) is 0.514. The molecular weight excluding hydrogens is 572 g/mol. The number of pyridine rings is 1. The fourth-order valence-electron chi connectivity index (χ4n) is 7.37. The van der Waals surface area contributed by atoms with E-state index < -0.39 is 29.3 Å². The van der Waals surface area contributed by atoms with E-state index in [4.69, 9.17) is 14.5 Å². The minimum absolute atomic E-state index is 0.0680. The van der Waals surface area contributed by atoms with Gasteiger partial charge in [0.2, 0.25) is 5.91 Å². The lowest BCUT2D eigenvalue weighted by atomic mass is 9.84. The smallest absolute Gasteiger partial charge is 0.310 e. The van der Waals surface area contributed by atoms with Gasteiger partial charge < -0.3 is 19.5 Å². The number of benzene rings is 1. The molecule has 3 heterocycles. The summed E-state index contributed by atoms with van der Waals surface area (Å²) in [6, 6.07) is 7.65. The van der Waals surface area contributed by atoms with E-state index in [1.807, 2.05) is 57.2 Å². The van der Waals surface area contributed by atoms with Gasteiger partial charge in [-0.15, -0.1) is 0 Å². The van der Waals surface area contributed by atoms with Gasteiger partial charge in [-0.3, -0.25) is 14.4 Å². The molecule has 1 N–H and O–H groups in total. The van der Waals surface area contributed by atoms with Crippen molar-refractivity contribution in [3.63, 3.8) is 0 Å². The number of fused-ring (bicyclic) bond motifs is 3. The highest BCUT2D eigenvalue weighted by Crippen LogP contribution is 2.57. The molecule has 1 amide bonds. The summed E-state index contributed by atoms with van der Waals surface area (Å²) in [5, 5.41) is 15.6. The van der Waals surface area contributed by atoms with E-state index >= 15 is 0 Å². The number of aromatic nitrogens is 3. The monoisotopic (exact) mass is 614 g/mol. The summed E-state index contributed by atoms with van der Waals surface area (Å²) in [5.41, 5.74) is 2.29. The summed E-state index contributed by atoms with van der Waals surface area (Å²) < 4.78 is 14.1.